The fourth-order valence-electron chi connectivity index (χ4n) is 2.08. The van der Waals surface area contributed by atoms with Crippen LogP contribution in [0.2, 0.25) is 0 Å². The maximum Gasteiger partial charge on any atom is 0.109 e. The molecule has 0 saturated heterocycles. The number of hydrogen-bond donors (Lipinski definition) is 1. The van der Waals surface area contributed by atoms with E-state index in [1.165, 1.54) is 5.56 Å². The first-order chi connectivity index (χ1) is 7.36. The minimum atomic E-state index is -1.14. The highest BCUT2D eigenvalue weighted by atomic mass is 19.1. The molecule has 1 aliphatic rings. The summed E-state index contributed by atoms with van der Waals surface area (Å²) in [4.78, 5) is 0. The molecule has 0 spiro atoms. The van der Waals surface area contributed by atoms with Crippen molar-refractivity contribution in [3.63, 3.8) is 0 Å². The minimum Gasteiger partial charge on any atom is -0.325 e. The summed E-state index contributed by atoms with van der Waals surface area (Å²) in [7, 11) is 0. The van der Waals surface area contributed by atoms with Gasteiger partial charge >= 0.3 is 0 Å². The standard InChI is InChI=1S/C14H20FN/c1-13(2,15)9-11-4-3-5-12(8-11)10-14(16)6-7-14/h3-5,8H,6-7,9-10,16H2,1-2H3. The fraction of sp³-hybridized carbons (Fsp3) is 0.571. The molecule has 1 saturated carbocycles. The van der Waals surface area contributed by atoms with E-state index in [4.69, 9.17) is 5.73 Å². The molecule has 2 N–H and O–H groups in total. The Bertz CT molecular complexity index is 352. The van der Waals surface area contributed by atoms with Crippen molar-refractivity contribution in [1.82, 2.24) is 0 Å². The number of rotatable bonds is 4. The molecule has 0 aliphatic heterocycles. The van der Waals surface area contributed by atoms with E-state index < -0.39 is 5.67 Å². The largest absolute Gasteiger partial charge is 0.325 e. The lowest BCUT2D eigenvalue weighted by Gasteiger charge is -2.15. The number of benzene rings is 1. The van der Waals surface area contributed by atoms with Crippen molar-refractivity contribution in [1.29, 1.82) is 0 Å². The second-order valence-corrected chi connectivity index (χ2v) is 5.75. The quantitative estimate of drug-likeness (QED) is 0.831. The molecule has 0 unspecified atom stereocenters. The van der Waals surface area contributed by atoms with Crippen LogP contribution < -0.4 is 5.73 Å². The molecule has 1 fully saturated rings. The summed E-state index contributed by atoms with van der Waals surface area (Å²) in [5.74, 6) is 0. The number of hydrogen-bond acceptors (Lipinski definition) is 1. The van der Waals surface area contributed by atoms with Crippen LogP contribution in [0.1, 0.15) is 37.8 Å². The van der Waals surface area contributed by atoms with E-state index in [2.05, 4.69) is 12.1 Å². The highest BCUT2D eigenvalue weighted by molar-refractivity contribution is 5.27. The third kappa shape index (κ3) is 3.31. The van der Waals surface area contributed by atoms with Gasteiger partial charge in [-0.05, 0) is 44.2 Å². The molecule has 1 aromatic carbocycles. The van der Waals surface area contributed by atoms with Crippen molar-refractivity contribution in [3.8, 4) is 0 Å². The van der Waals surface area contributed by atoms with Gasteiger partial charge in [0.05, 0.1) is 0 Å². The van der Waals surface area contributed by atoms with Crippen molar-refractivity contribution >= 4 is 0 Å². The Morgan fingerprint density at radius 3 is 2.50 bits per heavy atom. The van der Waals surface area contributed by atoms with Gasteiger partial charge in [0.1, 0.15) is 5.67 Å². The molecule has 16 heavy (non-hydrogen) atoms. The van der Waals surface area contributed by atoms with Gasteiger partial charge in [-0.25, -0.2) is 4.39 Å². The number of halogens is 1. The van der Waals surface area contributed by atoms with Crippen molar-refractivity contribution in [2.24, 2.45) is 5.73 Å². The minimum absolute atomic E-state index is 0.0316. The summed E-state index contributed by atoms with van der Waals surface area (Å²) >= 11 is 0. The summed E-state index contributed by atoms with van der Waals surface area (Å²) in [5, 5.41) is 0. The highest BCUT2D eigenvalue weighted by Gasteiger charge is 2.37. The van der Waals surface area contributed by atoms with Crippen LogP contribution in [0.5, 0.6) is 0 Å². The molecule has 88 valence electrons. The van der Waals surface area contributed by atoms with Crippen LogP contribution in [-0.4, -0.2) is 11.2 Å². The van der Waals surface area contributed by atoms with Crippen LogP contribution in [0.15, 0.2) is 24.3 Å². The smallest absolute Gasteiger partial charge is 0.109 e. The van der Waals surface area contributed by atoms with Crippen LogP contribution in [0, 0.1) is 0 Å². The van der Waals surface area contributed by atoms with Crippen molar-refractivity contribution in [3.05, 3.63) is 35.4 Å². The van der Waals surface area contributed by atoms with Crippen molar-refractivity contribution in [2.75, 3.05) is 0 Å². The van der Waals surface area contributed by atoms with Crippen molar-refractivity contribution < 1.29 is 4.39 Å². The lowest BCUT2D eigenvalue weighted by atomic mass is 9.96. The molecule has 0 bridgehead atoms. The Morgan fingerprint density at radius 1 is 1.31 bits per heavy atom. The Morgan fingerprint density at radius 2 is 1.94 bits per heavy atom. The second-order valence-electron chi connectivity index (χ2n) is 5.75. The maximum atomic E-state index is 13.5. The van der Waals surface area contributed by atoms with Gasteiger partial charge in [-0.1, -0.05) is 24.3 Å². The van der Waals surface area contributed by atoms with Gasteiger partial charge in [0.25, 0.3) is 0 Å². The molecule has 2 heteroatoms. The predicted molar refractivity (Wildman–Crippen MR) is 65.2 cm³/mol. The molecule has 0 atom stereocenters. The van der Waals surface area contributed by atoms with E-state index in [-0.39, 0.29) is 5.54 Å². The van der Waals surface area contributed by atoms with Crippen LogP contribution in [0.25, 0.3) is 0 Å². The summed E-state index contributed by atoms with van der Waals surface area (Å²) < 4.78 is 13.5. The van der Waals surface area contributed by atoms with Gasteiger partial charge in [-0.2, -0.15) is 0 Å². The van der Waals surface area contributed by atoms with E-state index >= 15 is 0 Å². The van der Waals surface area contributed by atoms with Gasteiger partial charge in [-0.15, -0.1) is 0 Å². The second kappa shape index (κ2) is 3.85. The molecule has 0 aromatic heterocycles. The lowest BCUT2D eigenvalue weighted by Crippen LogP contribution is -2.24. The normalized spacial score (nSPS) is 18.5. The first-order valence-electron chi connectivity index (χ1n) is 5.92. The molecular weight excluding hydrogens is 201 g/mol. The van der Waals surface area contributed by atoms with Gasteiger partial charge in [0, 0.05) is 12.0 Å². The van der Waals surface area contributed by atoms with Crippen LogP contribution >= 0.6 is 0 Å². The van der Waals surface area contributed by atoms with Crippen LogP contribution in [0.4, 0.5) is 4.39 Å². The van der Waals surface area contributed by atoms with E-state index in [0.29, 0.717) is 6.42 Å². The third-order valence-corrected chi connectivity index (χ3v) is 3.06. The van der Waals surface area contributed by atoms with Gasteiger partial charge in [0.2, 0.25) is 0 Å². The highest BCUT2D eigenvalue weighted by Crippen LogP contribution is 2.35. The fourth-order valence-corrected chi connectivity index (χ4v) is 2.08. The van der Waals surface area contributed by atoms with E-state index in [1.807, 2.05) is 12.1 Å². The Labute approximate surface area is 96.9 Å². The summed E-state index contributed by atoms with van der Waals surface area (Å²) in [6, 6.07) is 8.17. The topological polar surface area (TPSA) is 26.0 Å². The monoisotopic (exact) mass is 221 g/mol. The van der Waals surface area contributed by atoms with Crippen molar-refractivity contribution in [2.45, 2.75) is 50.7 Å². The Balaban J connectivity index is 2.07. The van der Waals surface area contributed by atoms with E-state index in [0.717, 1.165) is 24.8 Å². The average Bonchev–Trinajstić information content (AvgIpc) is 2.80. The zero-order valence-electron chi connectivity index (χ0n) is 10.1. The average molecular weight is 221 g/mol. The Hall–Kier alpha value is -0.890. The molecule has 0 radical (unpaired) electrons. The van der Waals surface area contributed by atoms with Gasteiger partial charge in [0.15, 0.2) is 0 Å². The third-order valence-electron chi connectivity index (χ3n) is 3.06. The van der Waals surface area contributed by atoms with E-state index in [9.17, 15) is 4.39 Å². The number of alkyl halides is 1. The molecular formula is C14H20FN. The molecule has 0 heterocycles. The molecule has 0 amide bonds. The molecule has 2 rings (SSSR count). The SMILES string of the molecule is CC(C)(F)Cc1cccc(CC2(N)CC2)c1. The summed E-state index contributed by atoms with van der Waals surface area (Å²) in [5.41, 5.74) is 7.28. The zero-order valence-corrected chi connectivity index (χ0v) is 10.1. The van der Waals surface area contributed by atoms with Gasteiger partial charge < -0.3 is 5.73 Å². The molecule has 1 nitrogen and oxygen atoms in total. The number of nitrogens with two attached hydrogens (primary N) is 1. The summed E-state index contributed by atoms with van der Waals surface area (Å²) in [6.45, 7) is 3.23. The first kappa shape index (κ1) is 11.6. The maximum absolute atomic E-state index is 13.5. The van der Waals surface area contributed by atoms with Crippen LogP contribution in [0.3, 0.4) is 0 Å². The lowest BCUT2D eigenvalue weighted by molar-refractivity contribution is 0.217. The van der Waals surface area contributed by atoms with E-state index in [1.54, 1.807) is 13.8 Å². The predicted octanol–water partition coefficient (Wildman–Crippen LogP) is 3.01. The summed E-state index contributed by atoms with van der Waals surface area (Å²) in [6.07, 6.45) is 3.63. The van der Waals surface area contributed by atoms with Gasteiger partial charge in [-0.3, -0.25) is 0 Å². The molecule has 1 aromatic rings. The first-order valence-corrected chi connectivity index (χ1v) is 5.92. The van der Waals surface area contributed by atoms with Crippen LogP contribution in [-0.2, 0) is 12.8 Å². The molecule has 1 aliphatic carbocycles. The Kier molecular flexibility index (Phi) is 2.79. The zero-order chi connectivity index (χ0) is 11.8.